The molecule has 0 bridgehead atoms. The Kier molecular flexibility index (Phi) is 3.92. The van der Waals surface area contributed by atoms with Crippen LogP contribution in [0.5, 0.6) is 0 Å². The summed E-state index contributed by atoms with van der Waals surface area (Å²) in [5, 5.41) is 3.42. The third-order valence-electron chi connectivity index (χ3n) is 2.71. The summed E-state index contributed by atoms with van der Waals surface area (Å²) >= 11 is 5.96. The summed E-state index contributed by atoms with van der Waals surface area (Å²) in [5.41, 5.74) is 3.98. The van der Waals surface area contributed by atoms with E-state index in [1.165, 1.54) is 0 Å². The van der Waals surface area contributed by atoms with E-state index >= 15 is 0 Å². The van der Waals surface area contributed by atoms with Crippen LogP contribution in [0.25, 0.3) is 17.3 Å². The molecule has 2 heterocycles. The molecule has 0 amide bonds. The number of rotatable bonds is 4. The van der Waals surface area contributed by atoms with Gasteiger partial charge in [0, 0.05) is 24.4 Å². The van der Waals surface area contributed by atoms with Gasteiger partial charge >= 0.3 is 0 Å². The quantitative estimate of drug-likeness (QED) is 0.680. The van der Waals surface area contributed by atoms with Gasteiger partial charge in [-0.15, -0.1) is 0 Å². The highest BCUT2D eigenvalue weighted by Gasteiger charge is 2.07. The van der Waals surface area contributed by atoms with Gasteiger partial charge in [0.15, 0.2) is 5.15 Å². The number of hydrogen-bond donors (Lipinski definition) is 1. The molecule has 96 valence electrons. The molecule has 0 saturated carbocycles. The Morgan fingerprint density at radius 2 is 2.11 bits per heavy atom. The van der Waals surface area contributed by atoms with Gasteiger partial charge in [-0.05, 0) is 18.9 Å². The van der Waals surface area contributed by atoms with Crippen LogP contribution in [0.15, 0.2) is 36.1 Å². The Bertz CT molecular complexity index is 637. The number of aliphatic imine (C=N–C) groups is 1. The first-order valence-electron chi connectivity index (χ1n) is 5.62. The van der Waals surface area contributed by atoms with Crippen molar-refractivity contribution in [2.24, 2.45) is 4.99 Å². The maximum Gasteiger partial charge on any atom is 0.152 e. The molecule has 19 heavy (non-hydrogen) atoms. The van der Waals surface area contributed by atoms with Crippen LogP contribution in [0.4, 0.5) is 11.4 Å². The van der Waals surface area contributed by atoms with Crippen LogP contribution in [0.1, 0.15) is 5.56 Å². The van der Waals surface area contributed by atoms with E-state index in [0.717, 1.165) is 22.5 Å². The molecular weight excluding hydrogens is 260 g/mol. The molecule has 1 N–H and O–H groups in total. The average Bonchev–Trinajstić information content (AvgIpc) is 2.47. The number of hydrogen-bond acceptors (Lipinski definition) is 4. The van der Waals surface area contributed by atoms with Crippen LogP contribution in [0.3, 0.4) is 0 Å². The summed E-state index contributed by atoms with van der Waals surface area (Å²) in [6, 6.07) is 3.78. The van der Waals surface area contributed by atoms with Gasteiger partial charge in [0.25, 0.3) is 0 Å². The summed E-state index contributed by atoms with van der Waals surface area (Å²) in [6.45, 7) is 7.26. The molecule has 0 radical (unpaired) electrons. The van der Waals surface area contributed by atoms with Crippen LogP contribution >= 0.6 is 11.6 Å². The molecule has 0 spiro atoms. The predicted molar refractivity (Wildman–Crippen MR) is 81.3 cm³/mol. The Hall–Kier alpha value is -2.20. The highest BCUT2D eigenvalue weighted by atomic mass is 35.5. The maximum atomic E-state index is 5.96. The lowest BCUT2D eigenvalue weighted by molar-refractivity contribution is 1.26. The first-order valence-corrected chi connectivity index (χ1v) is 6.00. The molecule has 0 aliphatic heterocycles. The van der Waals surface area contributed by atoms with Crippen LogP contribution in [-0.4, -0.2) is 23.7 Å². The second kappa shape index (κ2) is 5.63. The van der Waals surface area contributed by atoms with Crippen molar-refractivity contribution in [3.05, 3.63) is 41.8 Å². The monoisotopic (exact) mass is 272 g/mol. The molecular formula is C14H13ClN4. The van der Waals surface area contributed by atoms with E-state index in [1.807, 2.05) is 12.1 Å². The molecule has 0 aliphatic carbocycles. The Morgan fingerprint density at radius 1 is 1.32 bits per heavy atom. The average molecular weight is 273 g/mol. The number of nitrogens with one attached hydrogen (secondary N) is 1. The highest BCUT2D eigenvalue weighted by Crippen LogP contribution is 2.28. The SMILES string of the molecule is C=Cc1cc(-c2cnc(Cl)c(NC)c2)ncc1N=C. The lowest BCUT2D eigenvalue weighted by Gasteiger charge is -2.07. The molecule has 0 aliphatic rings. The largest absolute Gasteiger partial charge is 0.386 e. The third kappa shape index (κ3) is 2.63. The summed E-state index contributed by atoms with van der Waals surface area (Å²) in [7, 11) is 1.79. The lowest BCUT2D eigenvalue weighted by Crippen LogP contribution is -1.93. The van der Waals surface area contributed by atoms with Crippen molar-refractivity contribution in [2.75, 3.05) is 12.4 Å². The standard InChI is InChI=1S/C14H13ClN4/c1-4-9-5-11(18-8-13(9)17-3)10-6-12(16-2)14(15)19-7-10/h4-8,16H,1,3H2,2H3. The molecule has 2 aromatic rings. The Balaban J connectivity index is 2.52. The fourth-order valence-corrected chi connectivity index (χ4v) is 1.88. The second-order valence-electron chi connectivity index (χ2n) is 3.80. The fraction of sp³-hybridized carbons (Fsp3) is 0.0714. The minimum atomic E-state index is 0.430. The first-order chi connectivity index (χ1) is 9.19. The zero-order valence-electron chi connectivity index (χ0n) is 10.5. The zero-order valence-corrected chi connectivity index (χ0v) is 11.3. The van der Waals surface area contributed by atoms with E-state index < -0.39 is 0 Å². The minimum Gasteiger partial charge on any atom is -0.386 e. The van der Waals surface area contributed by atoms with Gasteiger partial charge in [-0.2, -0.15) is 0 Å². The van der Waals surface area contributed by atoms with E-state index in [0.29, 0.717) is 10.8 Å². The third-order valence-corrected chi connectivity index (χ3v) is 3.01. The molecule has 2 rings (SSSR count). The van der Waals surface area contributed by atoms with Gasteiger partial charge in [-0.25, -0.2) is 4.98 Å². The molecule has 0 fully saturated rings. The molecule has 0 aromatic carbocycles. The van der Waals surface area contributed by atoms with Crippen molar-refractivity contribution in [3.63, 3.8) is 0 Å². The number of halogens is 1. The van der Waals surface area contributed by atoms with Crippen molar-refractivity contribution in [3.8, 4) is 11.3 Å². The van der Waals surface area contributed by atoms with Crippen molar-refractivity contribution >= 4 is 35.8 Å². The van der Waals surface area contributed by atoms with Gasteiger partial charge < -0.3 is 5.32 Å². The topological polar surface area (TPSA) is 50.2 Å². The van der Waals surface area contributed by atoms with Gasteiger partial charge in [0.1, 0.15) is 0 Å². The van der Waals surface area contributed by atoms with E-state index in [2.05, 4.69) is 33.6 Å². The number of anilines is 1. The van der Waals surface area contributed by atoms with E-state index in [4.69, 9.17) is 11.6 Å². The molecule has 0 atom stereocenters. The number of aromatic nitrogens is 2. The molecule has 5 heteroatoms. The summed E-state index contributed by atoms with van der Waals surface area (Å²) < 4.78 is 0. The van der Waals surface area contributed by atoms with E-state index in [-0.39, 0.29) is 0 Å². The Morgan fingerprint density at radius 3 is 2.74 bits per heavy atom. The second-order valence-corrected chi connectivity index (χ2v) is 4.16. The molecule has 0 unspecified atom stereocenters. The van der Waals surface area contributed by atoms with E-state index in [1.54, 1.807) is 25.5 Å². The van der Waals surface area contributed by atoms with Gasteiger partial charge in [-0.1, -0.05) is 24.3 Å². The van der Waals surface area contributed by atoms with Crippen LogP contribution in [0.2, 0.25) is 5.15 Å². The number of pyridine rings is 2. The lowest BCUT2D eigenvalue weighted by atomic mass is 10.1. The first kappa shape index (κ1) is 13.2. The minimum absolute atomic E-state index is 0.430. The van der Waals surface area contributed by atoms with Crippen molar-refractivity contribution in [2.45, 2.75) is 0 Å². The predicted octanol–water partition coefficient (Wildman–Crippen LogP) is 3.81. The van der Waals surface area contributed by atoms with Crippen molar-refractivity contribution in [1.82, 2.24) is 9.97 Å². The summed E-state index contributed by atoms with van der Waals surface area (Å²) in [6.07, 6.45) is 5.06. The molecule has 4 nitrogen and oxygen atoms in total. The number of nitrogens with zero attached hydrogens (tertiary/aromatic N) is 3. The van der Waals surface area contributed by atoms with Gasteiger partial charge in [0.05, 0.1) is 23.3 Å². The fourth-order valence-electron chi connectivity index (χ4n) is 1.68. The van der Waals surface area contributed by atoms with E-state index in [9.17, 15) is 0 Å². The Labute approximate surface area is 116 Å². The smallest absolute Gasteiger partial charge is 0.152 e. The van der Waals surface area contributed by atoms with Gasteiger partial charge in [-0.3, -0.25) is 9.98 Å². The van der Waals surface area contributed by atoms with Crippen LogP contribution in [0, 0.1) is 0 Å². The van der Waals surface area contributed by atoms with Crippen molar-refractivity contribution in [1.29, 1.82) is 0 Å². The van der Waals surface area contributed by atoms with Crippen LogP contribution < -0.4 is 5.32 Å². The normalized spacial score (nSPS) is 10.0. The summed E-state index contributed by atoms with van der Waals surface area (Å²) in [5.74, 6) is 0. The maximum absolute atomic E-state index is 5.96. The molecule has 0 saturated heterocycles. The highest BCUT2D eigenvalue weighted by molar-refractivity contribution is 6.32. The molecule has 2 aromatic heterocycles. The van der Waals surface area contributed by atoms with Crippen LogP contribution in [-0.2, 0) is 0 Å². The van der Waals surface area contributed by atoms with Gasteiger partial charge in [0.2, 0.25) is 0 Å². The summed E-state index contributed by atoms with van der Waals surface area (Å²) in [4.78, 5) is 12.4. The zero-order chi connectivity index (χ0) is 13.8. The van der Waals surface area contributed by atoms with Crippen molar-refractivity contribution < 1.29 is 0 Å².